The molecule has 0 fully saturated rings. The Labute approximate surface area is 162 Å². The summed E-state index contributed by atoms with van der Waals surface area (Å²) in [6, 6.07) is 14.0. The molecule has 7 heteroatoms. The van der Waals surface area contributed by atoms with Gasteiger partial charge in [-0.3, -0.25) is 4.79 Å². The molecular formula is C21H20N2O5. The summed E-state index contributed by atoms with van der Waals surface area (Å²) >= 11 is 0. The van der Waals surface area contributed by atoms with Crippen molar-refractivity contribution in [2.45, 2.75) is 6.92 Å². The second-order valence-corrected chi connectivity index (χ2v) is 5.92. The summed E-state index contributed by atoms with van der Waals surface area (Å²) in [7, 11) is 3.01. The number of amides is 1. The molecule has 0 saturated carbocycles. The number of pyridine rings is 1. The fraction of sp³-hybridized carbons (Fsp3) is 0.143. The van der Waals surface area contributed by atoms with Crippen molar-refractivity contribution in [3.05, 3.63) is 66.0 Å². The van der Waals surface area contributed by atoms with Crippen LogP contribution in [0.15, 0.2) is 54.7 Å². The van der Waals surface area contributed by atoms with Gasteiger partial charge in [-0.2, -0.15) is 0 Å². The molecule has 1 amide bonds. The number of anilines is 1. The zero-order chi connectivity index (χ0) is 20.1. The number of hydrogen-bond donors (Lipinski definition) is 2. The van der Waals surface area contributed by atoms with Crippen LogP contribution in [-0.4, -0.2) is 30.2 Å². The molecule has 0 atom stereocenters. The van der Waals surface area contributed by atoms with Gasteiger partial charge in [0.1, 0.15) is 17.2 Å². The minimum atomic E-state index is -0.542. The van der Waals surface area contributed by atoms with Crippen molar-refractivity contribution in [1.29, 1.82) is 0 Å². The SMILES string of the molecule is COc1ccc(Oc2ccc(NC(=O)c3nccc(OC)c3O)cc2C)cc1. The van der Waals surface area contributed by atoms with Gasteiger partial charge in [0, 0.05) is 18.0 Å². The lowest BCUT2D eigenvalue weighted by Gasteiger charge is -2.12. The molecule has 2 N–H and O–H groups in total. The summed E-state index contributed by atoms with van der Waals surface area (Å²) in [5, 5.41) is 12.8. The second kappa shape index (κ2) is 8.30. The molecule has 28 heavy (non-hydrogen) atoms. The molecule has 0 aliphatic rings. The van der Waals surface area contributed by atoms with E-state index in [1.165, 1.54) is 19.4 Å². The van der Waals surface area contributed by atoms with Crippen molar-refractivity contribution in [1.82, 2.24) is 4.98 Å². The maximum atomic E-state index is 12.4. The van der Waals surface area contributed by atoms with E-state index >= 15 is 0 Å². The molecule has 0 aliphatic heterocycles. The number of rotatable bonds is 6. The molecule has 0 unspecified atom stereocenters. The van der Waals surface area contributed by atoms with Crippen LogP contribution in [0.3, 0.4) is 0 Å². The molecule has 3 rings (SSSR count). The van der Waals surface area contributed by atoms with Crippen LogP contribution in [0.4, 0.5) is 5.69 Å². The first-order valence-corrected chi connectivity index (χ1v) is 8.47. The largest absolute Gasteiger partial charge is 0.503 e. The van der Waals surface area contributed by atoms with Gasteiger partial charge in [0.2, 0.25) is 0 Å². The van der Waals surface area contributed by atoms with E-state index in [0.717, 1.165) is 11.3 Å². The smallest absolute Gasteiger partial charge is 0.278 e. The number of hydrogen-bond acceptors (Lipinski definition) is 6. The Hall–Kier alpha value is -3.74. The third-order valence-electron chi connectivity index (χ3n) is 4.04. The fourth-order valence-corrected chi connectivity index (χ4v) is 2.57. The number of carbonyl (C=O) groups excluding carboxylic acids is 1. The first-order chi connectivity index (χ1) is 13.5. The van der Waals surface area contributed by atoms with Crippen LogP contribution in [0.25, 0.3) is 0 Å². The molecule has 2 aromatic carbocycles. The van der Waals surface area contributed by atoms with E-state index in [4.69, 9.17) is 14.2 Å². The number of aryl methyl sites for hydroxylation is 1. The van der Waals surface area contributed by atoms with Crippen LogP contribution in [-0.2, 0) is 0 Å². The Morgan fingerprint density at radius 3 is 2.32 bits per heavy atom. The van der Waals surface area contributed by atoms with Gasteiger partial charge < -0.3 is 24.6 Å². The molecule has 7 nitrogen and oxygen atoms in total. The van der Waals surface area contributed by atoms with Gasteiger partial charge in [0.25, 0.3) is 5.91 Å². The molecule has 1 aromatic heterocycles. The molecule has 0 saturated heterocycles. The molecule has 144 valence electrons. The van der Waals surface area contributed by atoms with Gasteiger partial charge in [-0.25, -0.2) is 4.98 Å². The van der Waals surface area contributed by atoms with E-state index < -0.39 is 5.91 Å². The van der Waals surface area contributed by atoms with E-state index in [-0.39, 0.29) is 17.2 Å². The number of aromatic hydroxyl groups is 1. The Balaban J connectivity index is 1.74. The first-order valence-electron chi connectivity index (χ1n) is 8.47. The van der Waals surface area contributed by atoms with E-state index in [0.29, 0.717) is 17.2 Å². The molecule has 1 heterocycles. The van der Waals surface area contributed by atoms with E-state index in [1.807, 2.05) is 31.2 Å². The monoisotopic (exact) mass is 380 g/mol. The zero-order valence-corrected chi connectivity index (χ0v) is 15.7. The fourth-order valence-electron chi connectivity index (χ4n) is 2.57. The molecule has 0 bridgehead atoms. The van der Waals surface area contributed by atoms with Crippen molar-refractivity contribution in [3.63, 3.8) is 0 Å². The number of nitrogens with zero attached hydrogens (tertiary/aromatic N) is 1. The lowest BCUT2D eigenvalue weighted by atomic mass is 10.2. The maximum absolute atomic E-state index is 12.4. The first kappa shape index (κ1) is 19.0. The Morgan fingerprint density at radius 1 is 0.964 bits per heavy atom. The van der Waals surface area contributed by atoms with Crippen LogP contribution in [0.1, 0.15) is 16.1 Å². The minimum absolute atomic E-state index is 0.115. The molecule has 0 spiro atoms. The van der Waals surface area contributed by atoms with Gasteiger partial charge in [0.15, 0.2) is 17.2 Å². The summed E-state index contributed by atoms with van der Waals surface area (Å²) < 4.78 is 16.0. The van der Waals surface area contributed by atoms with E-state index in [9.17, 15) is 9.90 Å². The van der Waals surface area contributed by atoms with Crippen molar-refractivity contribution in [3.8, 4) is 28.7 Å². The third-order valence-corrected chi connectivity index (χ3v) is 4.04. The highest BCUT2D eigenvalue weighted by atomic mass is 16.5. The average molecular weight is 380 g/mol. The standard InChI is InChI=1S/C21H20N2O5/c1-13-12-14(23-21(25)19-20(24)18(27-3)10-11-22-19)4-9-17(13)28-16-7-5-15(26-2)6-8-16/h4-12,24H,1-3H3,(H,23,25). The van der Waals surface area contributed by atoms with E-state index in [1.54, 1.807) is 25.3 Å². The highest BCUT2D eigenvalue weighted by molar-refractivity contribution is 6.05. The number of aromatic nitrogens is 1. The quantitative estimate of drug-likeness (QED) is 0.667. The van der Waals surface area contributed by atoms with Crippen molar-refractivity contribution in [2.75, 3.05) is 19.5 Å². The zero-order valence-electron chi connectivity index (χ0n) is 15.7. The van der Waals surface area contributed by atoms with Crippen molar-refractivity contribution >= 4 is 11.6 Å². The Bertz CT molecular complexity index is 987. The predicted molar refractivity (Wildman–Crippen MR) is 105 cm³/mol. The number of carbonyl (C=O) groups is 1. The maximum Gasteiger partial charge on any atom is 0.278 e. The highest BCUT2D eigenvalue weighted by Gasteiger charge is 2.17. The predicted octanol–water partition coefficient (Wildman–Crippen LogP) is 4.16. The number of benzene rings is 2. The molecule has 0 aliphatic carbocycles. The van der Waals surface area contributed by atoms with Crippen LogP contribution >= 0.6 is 0 Å². The van der Waals surface area contributed by atoms with Crippen molar-refractivity contribution in [2.24, 2.45) is 0 Å². The number of nitrogens with one attached hydrogen (secondary N) is 1. The van der Waals surface area contributed by atoms with Crippen LogP contribution < -0.4 is 19.5 Å². The van der Waals surface area contributed by atoms with E-state index in [2.05, 4.69) is 10.3 Å². The van der Waals surface area contributed by atoms with Gasteiger partial charge in [-0.1, -0.05) is 0 Å². The van der Waals surface area contributed by atoms with Crippen LogP contribution in [0, 0.1) is 6.92 Å². The van der Waals surface area contributed by atoms with Gasteiger partial charge in [0.05, 0.1) is 14.2 Å². The summed E-state index contributed by atoms with van der Waals surface area (Å²) in [5.74, 6) is 1.41. The lowest BCUT2D eigenvalue weighted by Crippen LogP contribution is -2.14. The van der Waals surface area contributed by atoms with Gasteiger partial charge >= 0.3 is 0 Å². The minimum Gasteiger partial charge on any atom is -0.503 e. The molecule has 0 radical (unpaired) electrons. The van der Waals surface area contributed by atoms with Crippen LogP contribution in [0.5, 0.6) is 28.7 Å². The second-order valence-electron chi connectivity index (χ2n) is 5.92. The number of methoxy groups -OCH3 is 2. The summed E-state index contributed by atoms with van der Waals surface area (Å²) in [6.45, 7) is 1.87. The van der Waals surface area contributed by atoms with Gasteiger partial charge in [-0.05, 0) is 55.0 Å². The molecular weight excluding hydrogens is 360 g/mol. The summed E-state index contributed by atoms with van der Waals surface area (Å²) in [4.78, 5) is 16.3. The average Bonchev–Trinajstić information content (AvgIpc) is 2.70. The Kier molecular flexibility index (Phi) is 5.64. The van der Waals surface area contributed by atoms with Crippen molar-refractivity contribution < 1.29 is 24.1 Å². The third kappa shape index (κ3) is 4.15. The summed E-state index contributed by atoms with van der Waals surface area (Å²) in [5.41, 5.74) is 1.26. The molecule has 3 aromatic rings. The van der Waals surface area contributed by atoms with Gasteiger partial charge in [-0.15, -0.1) is 0 Å². The lowest BCUT2D eigenvalue weighted by molar-refractivity contribution is 0.101. The highest BCUT2D eigenvalue weighted by Crippen LogP contribution is 2.30. The number of ether oxygens (including phenoxy) is 3. The topological polar surface area (TPSA) is 89.9 Å². The Morgan fingerprint density at radius 2 is 1.68 bits per heavy atom. The summed E-state index contributed by atoms with van der Waals surface area (Å²) in [6.07, 6.45) is 1.39. The van der Waals surface area contributed by atoms with Crippen LogP contribution in [0.2, 0.25) is 0 Å². The normalized spacial score (nSPS) is 10.2.